The Morgan fingerprint density at radius 1 is 1.30 bits per heavy atom. The summed E-state index contributed by atoms with van der Waals surface area (Å²) in [5.41, 5.74) is 0.631. The maximum atomic E-state index is 16.0. The molecular weight excluding hydrogens is 489 g/mol. The lowest BCUT2D eigenvalue weighted by Crippen LogP contribution is -2.59. The molecule has 2 saturated heterocycles. The van der Waals surface area contributed by atoms with Crippen LogP contribution in [0.3, 0.4) is 0 Å². The van der Waals surface area contributed by atoms with Crippen molar-refractivity contribution < 1.29 is 37.6 Å². The van der Waals surface area contributed by atoms with Crippen LogP contribution in [0.1, 0.15) is 25.8 Å². The zero-order valence-electron chi connectivity index (χ0n) is 20.3. The minimum Gasteiger partial charge on any atom is -0.447 e. The second-order valence-electron chi connectivity index (χ2n) is 9.38. The van der Waals surface area contributed by atoms with E-state index in [0.29, 0.717) is 18.5 Å². The van der Waals surface area contributed by atoms with Crippen molar-refractivity contribution in [1.29, 1.82) is 0 Å². The van der Waals surface area contributed by atoms with Gasteiger partial charge in [0.25, 0.3) is 0 Å². The van der Waals surface area contributed by atoms with Crippen LogP contribution in [-0.4, -0.2) is 67.0 Å². The van der Waals surface area contributed by atoms with E-state index in [9.17, 15) is 19.2 Å². The van der Waals surface area contributed by atoms with Gasteiger partial charge >= 0.3 is 12.1 Å². The number of hydrogen-bond donors (Lipinski definition) is 2. The Kier molecular flexibility index (Phi) is 6.31. The number of hydrogen-bond acceptors (Lipinski definition) is 9. The molecule has 0 saturated carbocycles. The molecule has 1 aromatic heterocycles. The summed E-state index contributed by atoms with van der Waals surface area (Å²) in [7, 11) is 0. The van der Waals surface area contributed by atoms with Crippen molar-refractivity contribution in [1.82, 2.24) is 15.8 Å². The number of carbonyl (C=O) groups is 4. The maximum Gasteiger partial charge on any atom is 0.416 e. The minimum absolute atomic E-state index is 0.0748. The molecule has 13 heteroatoms. The standard InChI is InChI=1S/C24H26FN5O7/c1-4-5-14-9-36-24(34)30(14)21-16-7-13-6-15(22(32)27-23(33)26-12(3)31)17-10-35-11(2)8-29(17)19(13)18(25)20(16)37-28-21/h4,7,11,14-15,17H,1,5-6,8-10H2,2-3H3,(H2,26,27,31,32,33)/t11-,14?,15?,17?/m1/s1. The number of urea groups is 1. The molecular formula is C24H26FN5O7. The van der Waals surface area contributed by atoms with Crippen molar-refractivity contribution in [3.63, 3.8) is 0 Å². The van der Waals surface area contributed by atoms with Gasteiger partial charge in [-0.15, -0.1) is 6.58 Å². The van der Waals surface area contributed by atoms with Crippen LogP contribution < -0.4 is 20.4 Å². The van der Waals surface area contributed by atoms with Gasteiger partial charge in [-0.2, -0.15) is 0 Å². The highest BCUT2D eigenvalue weighted by Gasteiger charge is 2.45. The molecule has 1 aromatic carbocycles. The number of cyclic esters (lactones) is 1. The average molecular weight is 515 g/mol. The molecule has 3 aliphatic rings. The predicted octanol–water partition coefficient (Wildman–Crippen LogP) is 2.01. The van der Waals surface area contributed by atoms with Crippen molar-refractivity contribution in [2.75, 3.05) is 29.6 Å². The highest BCUT2D eigenvalue weighted by atomic mass is 19.1. The van der Waals surface area contributed by atoms with Gasteiger partial charge in [-0.05, 0) is 31.4 Å². The lowest BCUT2D eigenvalue weighted by atomic mass is 9.83. The first kappa shape index (κ1) is 24.7. The molecule has 5 rings (SSSR count). The summed E-state index contributed by atoms with van der Waals surface area (Å²) in [6, 6.07) is -0.222. The lowest BCUT2D eigenvalue weighted by molar-refractivity contribution is -0.126. The Morgan fingerprint density at radius 2 is 2.08 bits per heavy atom. The molecule has 2 N–H and O–H groups in total. The molecule has 0 aliphatic carbocycles. The zero-order valence-corrected chi connectivity index (χ0v) is 20.3. The van der Waals surface area contributed by atoms with E-state index < -0.39 is 41.7 Å². The third-order valence-corrected chi connectivity index (χ3v) is 6.83. The van der Waals surface area contributed by atoms with Gasteiger partial charge in [0, 0.05) is 13.5 Å². The molecule has 5 amide bonds. The third-order valence-electron chi connectivity index (χ3n) is 6.83. The molecule has 37 heavy (non-hydrogen) atoms. The summed E-state index contributed by atoms with van der Waals surface area (Å²) < 4.78 is 32.3. The van der Waals surface area contributed by atoms with Crippen LogP contribution in [-0.2, 0) is 25.5 Å². The number of rotatable bonds is 4. The molecule has 0 radical (unpaired) electrons. The van der Waals surface area contributed by atoms with Crippen LogP contribution in [0.25, 0.3) is 11.0 Å². The SMILES string of the molecule is C=CCC1COC(=O)N1c1noc2c(F)c3c(cc12)CC(C(=O)NC(=O)NC(C)=O)C1CO[C@H](C)CN31. The first-order valence-corrected chi connectivity index (χ1v) is 11.9. The topological polar surface area (TPSA) is 143 Å². The number of ether oxygens (including phenoxy) is 2. The molecule has 4 heterocycles. The number of morpholine rings is 1. The summed E-state index contributed by atoms with van der Waals surface area (Å²) in [5.74, 6) is -2.58. The van der Waals surface area contributed by atoms with Gasteiger partial charge in [-0.25, -0.2) is 14.0 Å². The molecule has 3 aliphatic heterocycles. The largest absolute Gasteiger partial charge is 0.447 e. The molecule has 12 nitrogen and oxygen atoms in total. The van der Waals surface area contributed by atoms with E-state index in [1.54, 1.807) is 17.0 Å². The van der Waals surface area contributed by atoms with Gasteiger partial charge in [-0.1, -0.05) is 11.2 Å². The minimum atomic E-state index is -0.941. The lowest BCUT2D eigenvalue weighted by Gasteiger charge is -2.47. The van der Waals surface area contributed by atoms with E-state index in [1.807, 2.05) is 12.2 Å². The van der Waals surface area contributed by atoms with Crippen molar-refractivity contribution >= 4 is 46.4 Å². The molecule has 196 valence electrons. The fraction of sp³-hybridized carbons (Fsp3) is 0.458. The zero-order chi connectivity index (χ0) is 26.4. The number of nitrogens with one attached hydrogen (secondary N) is 2. The monoisotopic (exact) mass is 515 g/mol. The van der Waals surface area contributed by atoms with E-state index >= 15 is 4.39 Å². The smallest absolute Gasteiger partial charge is 0.416 e. The van der Waals surface area contributed by atoms with Gasteiger partial charge < -0.3 is 18.9 Å². The molecule has 0 bridgehead atoms. The van der Waals surface area contributed by atoms with Crippen LogP contribution >= 0.6 is 0 Å². The number of halogens is 1. The molecule has 3 unspecified atom stereocenters. The number of imide groups is 2. The van der Waals surface area contributed by atoms with E-state index in [0.717, 1.165) is 6.92 Å². The van der Waals surface area contributed by atoms with Gasteiger partial charge in [0.15, 0.2) is 11.6 Å². The predicted molar refractivity (Wildman–Crippen MR) is 127 cm³/mol. The number of fused-ring (bicyclic) bond motifs is 4. The number of amides is 5. The highest BCUT2D eigenvalue weighted by Crippen LogP contribution is 2.44. The average Bonchev–Trinajstić information content (AvgIpc) is 3.40. The summed E-state index contributed by atoms with van der Waals surface area (Å²) in [6.45, 7) is 7.25. The Morgan fingerprint density at radius 3 is 2.81 bits per heavy atom. The highest BCUT2D eigenvalue weighted by molar-refractivity contribution is 6.03. The van der Waals surface area contributed by atoms with Crippen LogP contribution in [0, 0.1) is 11.7 Å². The van der Waals surface area contributed by atoms with Crippen LogP contribution in [0.15, 0.2) is 23.2 Å². The first-order chi connectivity index (χ1) is 17.7. The van der Waals surface area contributed by atoms with Gasteiger partial charge in [0.2, 0.25) is 17.4 Å². The summed E-state index contributed by atoms with van der Waals surface area (Å²) in [4.78, 5) is 51.9. The van der Waals surface area contributed by atoms with Crippen molar-refractivity contribution in [2.45, 2.75) is 44.9 Å². The summed E-state index contributed by atoms with van der Waals surface area (Å²) in [5, 5.41) is 8.46. The van der Waals surface area contributed by atoms with Crippen LogP contribution in [0.4, 0.5) is 25.5 Å². The summed E-state index contributed by atoms with van der Waals surface area (Å²) >= 11 is 0. The first-order valence-electron chi connectivity index (χ1n) is 11.9. The van der Waals surface area contributed by atoms with E-state index in [-0.39, 0.29) is 54.3 Å². The van der Waals surface area contributed by atoms with Crippen molar-refractivity contribution in [2.24, 2.45) is 5.92 Å². The number of carbonyl (C=O) groups excluding carboxylic acids is 4. The molecule has 4 atom stereocenters. The second kappa shape index (κ2) is 9.47. The summed E-state index contributed by atoms with van der Waals surface area (Å²) in [6.07, 6.45) is 1.29. The van der Waals surface area contributed by atoms with E-state index in [1.165, 1.54) is 4.90 Å². The van der Waals surface area contributed by atoms with Gasteiger partial charge in [0.05, 0.1) is 41.8 Å². The fourth-order valence-electron chi connectivity index (χ4n) is 5.24. The Labute approximate surface area is 210 Å². The Bertz CT molecular complexity index is 1310. The van der Waals surface area contributed by atoms with Crippen LogP contribution in [0.2, 0.25) is 0 Å². The fourth-order valence-corrected chi connectivity index (χ4v) is 5.24. The maximum absolute atomic E-state index is 16.0. The van der Waals surface area contributed by atoms with Crippen LogP contribution in [0.5, 0.6) is 0 Å². The van der Waals surface area contributed by atoms with E-state index in [2.05, 4.69) is 17.1 Å². The molecule has 2 fully saturated rings. The van der Waals surface area contributed by atoms with Crippen molar-refractivity contribution in [3.05, 3.63) is 30.1 Å². The molecule has 2 aromatic rings. The number of benzene rings is 1. The Hall–Kier alpha value is -4.00. The van der Waals surface area contributed by atoms with E-state index in [4.69, 9.17) is 14.0 Å². The Balaban J connectivity index is 1.56. The van der Waals surface area contributed by atoms with Crippen molar-refractivity contribution in [3.8, 4) is 0 Å². The second-order valence-corrected chi connectivity index (χ2v) is 9.38. The molecule has 0 spiro atoms. The van der Waals surface area contributed by atoms with Gasteiger partial charge in [-0.3, -0.25) is 25.1 Å². The quantitative estimate of drug-likeness (QED) is 0.585. The number of nitrogens with zero attached hydrogens (tertiary/aromatic N) is 3. The normalized spacial score (nSPS) is 24.8. The third kappa shape index (κ3) is 4.28. The van der Waals surface area contributed by atoms with Gasteiger partial charge in [0.1, 0.15) is 6.61 Å². The number of aromatic nitrogens is 1. The number of anilines is 2.